The first-order valence-corrected chi connectivity index (χ1v) is 7.57. The van der Waals surface area contributed by atoms with Crippen LogP contribution < -0.4 is 0 Å². The molecule has 1 aromatic rings. The van der Waals surface area contributed by atoms with Crippen molar-refractivity contribution in [3.05, 3.63) is 28.0 Å². The summed E-state index contributed by atoms with van der Waals surface area (Å²) in [6.45, 7) is 1.70. The zero-order valence-electron chi connectivity index (χ0n) is 10.2. The summed E-state index contributed by atoms with van der Waals surface area (Å²) in [5, 5.41) is 8.71. The highest BCUT2D eigenvalue weighted by atomic mass is 79.9. The highest BCUT2D eigenvalue weighted by Gasteiger charge is 2.24. The molecule has 7 heteroatoms. The summed E-state index contributed by atoms with van der Waals surface area (Å²) in [6.07, 6.45) is 0.339. The molecule has 4 nitrogen and oxygen atoms in total. The molecule has 0 bridgehead atoms. The van der Waals surface area contributed by atoms with Gasteiger partial charge >= 0.3 is 0 Å². The van der Waals surface area contributed by atoms with Crippen molar-refractivity contribution in [3.63, 3.8) is 0 Å². The number of hydrogen-bond donors (Lipinski definition) is 1. The molecule has 0 saturated carbocycles. The Kier molecular flexibility index (Phi) is 5.27. The molecule has 1 N–H and O–H groups in total. The predicted octanol–water partition coefficient (Wildman–Crippen LogP) is 1.90. The third-order valence-electron chi connectivity index (χ3n) is 2.58. The van der Waals surface area contributed by atoms with Crippen LogP contribution in [0.1, 0.15) is 12.0 Å². The van der Waals surface area contributed by atoms with Gasteiger partial charge in [-0.3, -0.25) is 0 Å². The number of sulfonamides is 1. The Morgan fingerprint density at radius 1 is 1.44 bits per heavy atom. The van der Waals surface area contributed by atoms with Gasteiger partial charge in [-0.1, -0.05) is 15.9 Å². The van der Waals surface area contributed by atoms with E-state index in [0.717, 1.165) is 10.4 Å². The van der Waals surface area contributed by atoms with Crippen LogP contribution in [0.4, 0.5) is 4.39 Å². The van der Waals surface area contributed by atoms with Crippen LogP contribution in [0.2, 0.25) is 0 Å². The van der Waals surface area contributed by atoms with Crippen molar-refractivity contribution in [2.45, 2.75) is 18.2 Å². The van der Waals surface area contributed by atoms with E-state index >= 15 is 0 Å². The second-order valence-electron chi connectivity index (χ2n) is 3.91. The molecule has 0 radical (unpaired) electrons. The topological polar surface area (TPSA) is 57.6 Å². The molecule has 0 aliphatic carbocycles. The lowest BCUT2D eigenvalue weighted by Crippen LogP contribution is -2.29. The largest absolute Gasteiger partial charge is 0.396 e. The van der Waals surface area contributed by atoms with Crippen LogP contribution in [-0.4, -0.2) is 38.0 Å². The molecule has 0 atom stereocenters. The van der Waals surface area contributed by atoms with E-state index in [4.69, 9.17) is 5.11 Å². The maximum absolute atomic E-state index is 13.3. The highest BCUT2D eigenvalue weighted by molar-refractivity contribution is 9.10. The van der Waals surface area contributed by atoms with E-state index in [2.05, 4.69) is 15.9 Å². The van der Waals surface area contributed by atoms with E-state index in [1.807, 2.05) is 0 Å². The van der Waals surface area contributed by atoms with Gasteiger partial charge in [0.15, 0.2) is 0 Å². The Hall–Kier alpha value is -0.500. The minimum atomic E-state index is -3.73. The third-order valence-corrected chi connectivity index (χ3v) is 5.39. The number of aliphatic hydroxyl groups is 1. The first-order chi connectivity index (χ1) is 8.30. The predicted molar refractivity (Wildman–Crippen MR) is 70.4 cm³/mol. The lowest BCUT2D eigenvalue weighted by atomic mass is 10.2. The van der Waals surface area contributed by atoms with E-state index in [1.54, 1.807) is 6.92 Å². The molecule has 1 rings (SSSR count). The fraction of sp³-hybridized carbons (Fsp3) is 0.455. The lowest BCUT2D eigenvalue weighted by Gasteiger charge is -2.18. The van der Waals surface area contributed by atoms with Gasteiger partial charge in [0.1, 0.15) is 5.82 Å². The van der Waals surface area contributed by atoms with Crippen LogP contribution in [-0.2, 0) is 10.0 Å². The SMILES string of the molecule is Cc1c(Br)cc(F)cc1S(=O)(=O)N(C)CCCO. The monoisotopic (exact) mass is 339 g/mol. The normalized spacial score (nSPS) is 12.1. The van der Waals surface area contributed by atoms with Gasteiger partial charge in [-0.2, -0.15) is 0 Å². The summed E-state index contributed by atoms with van der Waals surface area (Å²) >= 11 is 3.13. The van der Waals surface area contributed by atoms with Gasteiger partial charge in [0.05, 0.1) is 4.90 Å². The van der Waals surface area contributed by atoms with Crippen LogP contribution in [0.15, 0.2) is 21.5 Å². The van der Waals surface area contributed by atoms with Crippen molar-refractivity contribution in [3.8, 4) is 0 Å². The second kappa shape index (κ2) is 6.10. The quantitative estimate of drug-likeness (QED) is 0.891. The van der Waals surface area contributed by atoms with Gasteiger partial charge in [0, 0.05) is 24.7 Å². The minimum absolute atomic E-state index is 0.0604. The third kappa shape index (κ3) is 3.28. The van der Waals surface area contributed by atoms with Crippen LogP contribution >= 0.6 is 15.9 Å². The molecule has 0 aliphatic heterocycles. The van der Waals surface area contributed by atoms with Crippen molar-refractivity contribution in [1.82, 2.24) is 4.31 Å². The van der Waals surface area contributed by atoms with E-state index < -0.39 is 15.8 Å². The molecule has 102 valence electrons. The summed E-state index contributed by atoms with van der Waals surface area (Å²) in [5.41, 5.74) is 0.465. The number of hydrogen-bond acceptors (Lipinski definition) is 3. The summed E-state index contributed by atoms with van der Waals surface area (Å²) < 4.78 is 39.3. The number of halogens is 2. The first-order valence-electron chi connectivity index (χ1n) is 5.33. The number of aliphatic hydroxyl groups excluding tert-OH is 1. The number of rotatable bonds is 5. The molecule has 0 unspecified atom stereocenters. The van der Waals surface area contributed by atoms with Crippen LogP contribution in [0.25, 0.3) is 0 Å². The Morgan fingerprint density at radius 2 is 2.06 bits per heavy atom. The average Bonchev–Trinajstić information content (AvgIpc) is 2.30. The van der Waals surface area contributed by atoms with Gasteiger partial charge in [-0.15, -0.1) is 0 Å². The summed E-state index contributed by atoms with van der Waals surface area (Å²) in [4.78, 5) is -0.0604. The molecule has 18 heavy (non-hydrogen) atoms. The molecule has 0 heterocycles. The lowest BCUT2D eigenvalue weighted by molar-refractivity contribution is 0.275. The maximum Gasteiger partial charge on any atom is 0.243 e. The number of benzene rings is 1. The van der Waals surface area contributed by atoms with Gasteiger partial charge < -0.3 is 5.11 Å². The fourth-order valence-electron chi connectivity index (χ4n) is 1.47. The van der Waals surface area contributed by atoms with Crippen LogP contribution in [0.5, 0.6) is 0 Å². The van der Waals surface area contributed by atoms with Crippen molar-refractivity contribution in [1.29, 1.82) is 0 Å². The standard InChI is InChI=1S/C11H15BrFNO3S/c1-8-10(12)6-9(13)7-11(8)18(16,17)14(2)4-3-5-15/h6-7,15H,3-5H2,1-2H3. The van der Waals surface area contributed by atoms with Crippen molar-refractivity contribution in [2.24, 2.45) is 0 Å². The van der Waals surface area contributed by atoms with Crippen molar-refractivity contribution in [2.75, 3.05) is 20.2 Å². The zero-order valence-corrected chi connectivity index (χ0v) is 12.6. The van der Waals surface area contributed by atoms with Crippen molar-refractivity contribution >= 4 is 26.0 Å². The molecular weight excluding hydrogens is 325 g/mol. The second-order valence-corrected chi connectivity index (χ2v) is 6.78. The highest BCUT2D eigenvalue weighted by Crippen LogP contribution is 2.27. The molecule has 1 aromatic carbocycles. The zero-order chi connectivity index (χ0) is 13.9. The molecule has 0 aromatic heterocycles. The fourth-order valence-corrected chi connectivity index (χ4v) is 3.50. The summed E-state index contributed by atoms with van der Waals surface area (Å²) in [7, 11) is -2.33. The summed E-state index contributed by atoms with van der Waals surface area (Å²) in [5.74, 6) is -0.610. The molecule has 0 amide bonds. The Labute approximate surface area is 115 Å². The Bertz CT molecular complexity index is 533. The van der Waals surface area contributed by atoms with E-state index in [0.29, 0.717) is 16.5 Å². The van der Waals surface area contributed by atoms with Crippen LogP contribution in [0, 0.1) is 12.7 Å². The summed E-state index contributed by atoms with van der Waals surface area (Å²) in [6, 6.07) is 2.23. The van der Waals surface area contributed by atoms with E-state index in [-0.39, 0.29) is 18.0 Å². The van der Waals surface area contributed by atoms with Crippen LogP contribution in [0.3, 0.4) is 0 Å². The Balaban J connectivity index is 3.20. The Morgan fingerprint density at radius 3 is 2.61 bits per heavy atom. The minimum Gasteiger partial charge on any atom is -0.396 e. The van der Waals surface area contributed by atoms with E-state index in [1.165, 1.54) is 13.1 Å². The van der Waals surface area contributed by atoms with Crippen molar-refractivity contribution < 1.29 is 17.9 Å². The van der Waals surface area contributed by atoms with Gasteiger partial charge in [0.25, 0.3) is 0 Å². The average molecular weight is 340 g/mol. The maximum atomic E-state index is 13.3. The molecular formula is C11H15BrFNO3S. The molecule has 0 fully saturated rings. The molecule has 0 spiro atoms. The smallest absolute Gasteiger partial charge is 0.243 e. The van der Waals surface area contributed by atoms with Gasteiger partial charge in [0.2, 0.25) is 10.0 Å². The van der Waals surface area contributed by atoms with E-state index in [9.17, 15) is 12.8 Å². The van der Waals surface area contributed by atoms with Gasteiger partial charge in [-0.25, -0.2) is 17.1 Å². The number of nitrogens with zero attached hydrogens (tertiary/aromatic N) is 1. The molecule has 0 saturated heterocycles. The van der Waals surface area contributed by atoms with Gasteiger partial charge in [-0.05, 0) is 31.0 Å². The molecule has 0 aliphatic rings. The first kappa shape index (κ1) is 15.6.